The largest absolute Gasteiger partial charge is 0.489 e. The van der Waals surface area contributed by atoms with Crippen LogP contribution in [0, 0.1) is 13.8 Å². The van der Waals surface area contributed by atoms with Gasteiger partial charge >= 0.3 is 0 Å². The number of anilines is 1. The van der Waals surface area contributed by atoms with Gasteiger partial charge in [0, 0.05) is 18.0 Å². The third-order valence-electron chi connectivity index (χ3n) is 4.53. The van der Waals surface area contributed by atoms with E-state index in [0.29, 0.717) is 16.7 Å². The van der Waals surface area contributed by atoms with E-state index in [4.69, 9.17) is 28.6 Å². The fourth-order valence-electron chi connectivity index (χ4n) is 3.01. The molecule has 2 N–H and O–H groups in total. The Bertz CT molecular complexity index is 954. The molecule has 3 aromatic rings. The van der Waals surface area contributed by atoms with Crippen LogP contribution in [0.3, 0.4) is 0 Å². The van der Waals surface area contributed by atoms with Crippen LogP contribution in [-0.2, 0) is 6.61 Å². The van der Waals surface area contributed by atoms with Gasteiger partial charge in [-0.3, -0.25) is 4.98 Å². The highest BCUT2D eigenvalue weighted by molar-refractivity contribution is 7.80. The van der Waals surface area contributed by atoms with Gasteiger partial charge in [-0.25, -0.2) is 0 Å². The van der Waals surface area contributed by atoms with Crippen molar-refractivity contribution in [2.75, 3.05) is 5.32 Å². The van der Waals surface area contributed by atoms with Crippen molar-refractivity contribution in [3.05, 3.63) is 88.2 Å². The van der Waals surface area contributed by atoms with Crippen LogP contribution >= 0.6 is 23.8 Å². The molecule has 0 spiro atoms. The zero-order chi connectivity index (χ0) is 20.8. The van der Waals surface area contributed by atoms with Crippen molar-refractivity contribution in [2.24, 2.45) is 0 Å². The maximum Gasteiger partial charge on any atom is 0.171 e. The van der Waals surface area contributed by atoms with E-state index in [-0.39, 0.29) is 6.04 Å². The van der Waals surface area contributed by atoms with E-state index in [1.165, 1.54) is 0 Å². The zero-order valence-corrected chi connectivity index (χ0v) is 18.3. The van der Waals surface area contributed by atoms with Gasteiger partial charge in [0.25, 0.3) is 0 Å². The van der Waals surface area contributed by atoms with E-state index in [9.17, 15) is 0 Å². The van der Waals surface area contributed by atoms with Gasteiger partial charge in [0.15, 0.2) is 5.11 Å². The Morgan fingerprint density at radius 1 is 1.17 bits per heavy atom. The molecule has 4 nitrogen and oxygen atoms in total. The molecular formula is C23H24ClN3OS. The molecule has 2 aromatic carbocycles. The highest BCUT2D eigenvalue weighted by atomic mass is 35.5. The summed E-state index contributed by atoms with van der Waals surface area (Å²) in [5.41, 5.74) is 5.15. The highest BCUT2D eigenvalue weighted by Crippen LogP contribution is 2.27. The van der Waals surface area contributed by atoms with Crippen molar-refractivity contribution < 1.29 is 4.74 Å². The van der Waals surface area contributed by atoms with Gasteiger partial charge in [-0.1, -0.05) is 35.9 Å². The lowest BCUT2D eigenvalue weighted by molar-refractivity contribution is 0.305. The molecule has 150 valence electrons. The fraction of sp³-hybridized carbons (Fsp3) is 0.217. The second-order valence-corrected chi connectivity index (χ2v) is 7.79. The summed E-state index contributed by atoms with van der Waals surface area (Å²) in [5.74, 6) is 0.813. The highest BCUT2D eigenvalue weighted by Gasteiger charge is 2.11. The molecule has 1 heterocycles. The lowest BCUT2D eigenvalue weighted by Crippen LogP contribution is -2.31. The number of aryl methyl sites for hydroxylation is 2. The number of pyridine rings is 1. The molecule has 1 atom stereocenters. The number of nitrogens with one attached hydrogen (secondary N) is 2. The van der Waals surface area contributed by atoms with Crippen LogP contribution < -0.4 is 15.4 Å². The average Bonchev–Trinajstić information content (AvgIpc) is 2.70. The topological polar surface area (TPSA) is 46.2 Å². The predicted octanol–water partition coefficient (Wildman–Crippen LogP) is 5.98. The number of benzene rings is 2. The molecule has 6 heteroatoms. The Labute approximate surface area is 182 Å². The van der Waals surface area contributed by atoms with Crippen LogP contribution in [0.4, 0.5) is 5.69 Å². The van der Waals surface area contributed by atoms with Gasteiger partial charge in [0.05, 0.1) is 16.8 Å². The summed E-state index contributed by atoms with van der Waals surface area (Å²) in [6.07, 6.45) is 3.55. The molecule has 0 fully saturated rings. The van der Waals surface area contributed by atoms with Crippen molar-refractivity contribution in [3.63, 3.8) is 0 Å². The summed E-state index contributed by atoms with van der Waals surface area (Å²) < 4.78 is 5.81. The molecule has 0 aliphatic rings. The Morgan fingerprint density at radius 3 is 2.59 bits per heavy atom. The smallest absolute Gasteiger partial charge is 0.171 e. The molecule has 29 heavy (non-hydrogen) atoms. The van der Waals surface area contributed by atoms with Crippen LogP contribution in [0.1, 0.15) is 35.2 Å². The van der Waals surface area contributed by atoms with E-state index in [1.54, 1.807) is 12.4 Å². The van der Waals surface area contributed by atoms with Gasteiger partial charge < -0.3 is 15.4 Å². The van der Waals surface area contributed by atoms with Crippen LogP contribution in [-0.4, -0.2) is 10.1 Å². The molecule has 0 aliphatic heterocycles. The van der Waals surface area contributed by atoms with Crippen molar-refractivity contribution >= 4 is 34.6 Å². The predicted molar refractivity (Wildman–Crippen MR) is 124 cm³/mol. The minimum absolute atomic E-state index is 0.0342. The Balaban J connectivity index is 1.56. The lowest BCUT2D eigenvalue weighted by atomic mass is 10.1. The number of aromatic nitrogens is 1. The van der Waals surface area contributed by atoms with Crippen LogP contribution in [0.5, 0.6) is 5.75 Å². The Kier molecular flexibility index (Phi) is 7.07. The van der Waals surface area contributed by atoms with Gasteiger partial charge in [-0.05, 0) is 73.9 Å². The minimum atomic E-state index is 0.0342. The molecule has 0 amide bonds. The average molecular weight is 426 g/mol. The van der Waals surface area contributed by atoms with Crippen molar-refractivity contribution in [1.82, 2.24) is 10.3 Å². The maximum absolute atomic E-state index is 6.36. The van der Waals surface area contributed by atoms with E-state index >= 15 is 0 Å². The quantitative estimate of drug-likeness (QED) is 0.476. The fourth-order valence-corrected chi connectivity index (χ4v) is 3.65. The summed E-state index contributed by atoms with van der Waals surface area (Å²) >= 11 is 11.8. The standard InChI is InChI=1S/C23H24ClN3OS/c1-15-11-16(2)22(21(24)12-15)27-23(29)26-17(3)19-6-8-20(9-7-19)28-14-18-5-4-10-25-13-18/h4-13,17H,14H2,1-3H3,(H2,26,27,29). The Hall–Kier alpha value is -2.63. The van der Waals surface area contributed by atoms with E-state index < -0.39 is 0 Å². The second kappa shape index (κ2) is 9.72. The first-order chi connectivity index (χ1) is 13.9. The number of rotatable bonds is 6. The SMILES string of the molecule is Cc1cc(C)c(NC(=S)NC(C)c2ccc(OCc3cccnc3)cc2)c(Cl)c1. The third-order valence-corrected chi connectivity index (χ3v) is 5.04. The number of hydrogen-bond acceptors (Lipinski definition) is 3. The number of thiocarbonyl (C=S) groups is 1. The summed E-state index contributed by atoms with van der Waals surface area (Å²) in [7, 11) is 0. The molecule has 0 bridgehead atoms. The molecule has 0 saturated heterocycles. The monoisotopic (exact) mass is 425 g/mol. The molecule has 1 unspecified atom stereocenters. The van der Waals surface area contributed by atoms with Crippen LogP contribution in [0.15, 0.2) is 60.9 Å². The van der Waals surface area contributed by atoms with Crippen molar-refractivity contribution in [1.29, 1.82) is 0 Å². The third kappa shape index (κ3) is 5.92. The molecule has 0 saturated carbocycles. The van der Waals surface area contributed by atoms with E-state index in [0.717, 1.165) is 33.7 Å². The summed E-state index contributed by atoms with van der Waals surface area (Å²) in [6, 6.07) is 15.9. The van der Waals surface area contributed by atoms with Gasteiger partial charge in [0.1, 0.15) is 12.4 Å². The summed E-state index contributed by atoms with van der Waals surface area (Å²) in [5, 5.41) is 7.71. The van der Waals surface area contributed by atoms with Gasteiger partial charge in [0.2, 0.25) is 0 Å². The minimum Gasteiger partial charge on any atom is -0.489 e. The number of hydrogen-bond donors (Lipinski definition) is 2. The van der Waals surface area contributed by atoms with Gasteiger partial charge in [-0.2, -0.15) is 0 Å². The number of halogens is 1. The maximum atomic E-state index is 6.36. The normalized spacial score (nSPS) is 11.6. The van der Waals surface area contributed by atoms with Gasteiger partial charge in [-0.15, -0.1) is 0 Å². The molecule has 3 rings (SSSR count). The molecule has 1 aromatic heterocycles. The summed E-state index contributed by atoms with van der Waals surface area (Å²) in [6.45, 7) is 6.58. The second-order valence-electron chi connectivity index (χ2n) is 6.98. The lowest BCUT2D eigenvalue weighted by Gasteiger charge is -2.19. The van der Waals surface area contributed by atoms with E-state index in [2.05, 4.69) is 28.6 Å². The number of ether oxygens (including phenoxy) is 1. The first-order valence-electron chi connectivity index (χ1n) is 9.38. The Morgan fingerprint density at radius 2 is 1.93 bits per heavy atom. The van der Waals surface area contributed by atoms with Crippen LogP contribution in [0.25, 0.3) is 0 Å². The first kappa shape index (κ1) is 21.1. The van der Waals surface area contributed by atoms with E-state index in [1.807, 2.05) is 56.3 Å². The molecule has 0 radical (unpaired) electrons. The van der Waals surface area contributed by atoms with Crippen molar-refractivity contribution in [3.8, 4) is 5.75 Å². The zero-order valence-electron chi connectivity index (χ0n) is 16.7. The molecular weight excluding hydrogens is 402 g/mol. The first-order valence-corrected chi connectivity index (χ1v) is 10.2. The number of nitrogens with zero attached hydrogens (tertiary/aromatic N) is 1. The van der Waals surface area contributed by atoms with Crippen LogP contribution in [0.2, 0.25) is 5.02 Å². The van der Waals surface area contributed by atoms with Crippen molar-refractivity contribution in [2.45, 2.75) is 33.4 Å². The molecule has 0 aliphatic carbocycles. The summed E-state index contributed by atoms with van der Waals surface area (Å²) in [4.78, 5) is 4.09.